The van der Waals surface area contributed by atoms with Crippen LogP contribution in [0.5, 0.6) is 0 Å². The number of nitrogen functional groups attached to an aromatic ring is 1. The normalized spacial score (nSPS) is 17.6. The molecule has 0 aliphatic carbocycles. The number of nitrogens with two attached hydrogens (primary N) is 1. The van der Waals surface area contributed by atoms with Gasteiger partial charge in [0.25, 0.3) is 0 Å². The van der Waals surface area contributed by atoms with Gasteiger partial charge in [-0.1, -0.05) is 12.8 Å². The first-order valence-electron chi connectivity index (χ1n) is 6.79. The Labute approximate surface area is 120 Å². The maximum absolute atomic E-state index is 13.7. The number of likely N-dealkylation sites (tertiary alicyclic amines) is 1. The van der Waals surface area contributed by atoms with Gasteiger partial charge >= 0.3 is 0 Å². The van der Waals surface area contributed by atoms with Gasteiger partial charge in [0.1, 0.15) is 11.6 Å². The first-order chi connectivity index (χ1) is 9.58. The molecule has 1 aliphatic rings. The monoisotopic (exact) mass is 298 g/mol. The van der Waals surface area contributed by atoms with Crippen molar-refractivity contribution in [2.45, 2.75) is 30.6 Å². The molecule has 1 atom stereocenters. The number of carbonyl (C=O) groups excluding carboxylic acids is 1. The molecule has 1 aliphatic heterocycles. The summed E-state index contributed by atoms with van der Waals surface area (Å²) in [5.74, 6) is -0.950. The van der Waals surface area contributed by atoms with E-state index < -0.39 is 16.6 Å². The number of halogens is 1. The number of anilines is 1. The van der Waals surface area contributed by atoms with Crippen molar-refractivity contribution in [1.82, 2.24) is 4.90 Å². The summed E-state index contributed by atoms with van der Waals surface area (Å²) in [6.45, 7) is 1.42. The number of hydrogen-bond donors (Lipinski definition) is 1. The summed E-state index contributed by atoms with van der Waals surface area (Å²) >= 11 is 0. The number of rotatable bonds is 3. The molecule has 20 heavy (non-hydrogen) atoms. The van der Waals surface area contributed by atoms with Crippen molar-refractivity contribution < 1.29 is 13.4 Å². The number of benzene rings is 1. The van der Waals surface area contributed by atoms with Crippen LogP contribution in [0.1, 0.15) is 25.7 Å². The van der Waals surface area contributed by atoms with Crippen LogP contribution in [0.3, 0.4) is 0 Å². The fraction of sp³-hybridized carbons (Fsp3) is 0.500. The Morgan fingerprint density at radius 2 is 1.90 bits per heavy atom. The lowest BCUT2D eigenvalue weighted by atomic mass is 10.2. The van der Waals surface area contributed by atoms with E-state index in [0.29, 0.717) is 13.1 Å². The average molecular weight is 298 g/mol. The molecule has 1 fully saturated rings. The molecule has 1 aromatic rings. The third-order valence-electron chi connectivity index (χ3n) is 3.41. The molecule has 4 nitrogen and oxygen atoms in total. The molecule has 1 unspecified atom stereocenters. The van der Waals surface area contributed by atoms with Crippen LogP contribution in [-0.4, -0.2) is 33.9 Å². The maximum atomic E-state index is 13.7. The minimum absolute atomic E-state index is 0.0439. The predicted octanol–water partition coefficient (Wildman–Crippen LogP) is 1.92. The standard InChI is InChI=1S/C14H19FN2O2S/c15-12-9-11(16)5-6-13(12)20(19)10-14(18)17-7-3-1-2-4-8-17/h5-6,9H,1-4,7-8,10,16H2. The molecule has 0 aromatic heterocycles. The van der Waals surface area contributed by atoms with E-state index >= 15 is 0 Å². The first kappa shape index (κ1) is 15.0. The van der Waals surface area contributed by atoms with Crippen molar-refractivity contribution >= 4 is 22.4 Å². The fourth-order valence-electron chi connectivity index (χ4n) is 2.30. The van der Waals surface area contributed by atoms with E-state index in [1.54, 1.807) is 4.90 Å². The molecule has 0 radical (unpaired) electrons. The van der Waals surface area contributed by atoms with Crippen LogP contribution in [0.4, 0.5) is 10.1 Å². The second-order valence-electron chi connectivity index (χ2n) is 4.97. The highest BCUT2D eigenvalue weighted by molar-refractivity contribution is 7.85. The van der Waals surface area contributed by atoms with Crippen LogP contribution < -0.4 is 5.73 Å². The highest BCUT2D eigenvalue weighted by atomic mass is 32.2. The first-order valence-corrected chi connectivity index (χ1v) is 8.11. The molecule has 110 valence electrons. The molecule has 1 aromatic carbocycles. The van der Waals surface area contributed by atoms with Gasteiger partial charge < -0.3 is 10.6 Å². The Morgan fingerprint density at radius 3 is 2.50 bits per heavy atom. The van der Waals surface area contributed by atoms with E-state index in [9.17, 15) is 13.4 Å². The van der Waals surface area contributed by atoms with Gasteiger partial charge in [-0.15, -0.1) is 0 Å². The van der Waals surface area contributed by atoms with E-state index in [2.05, 4.69) is 0 Å². The summed E-state index contributed by atoms with van der Waals surface area (Å²) in [6.07, 6.45) is 4.21. The smallest absolute Gasteiger partial charge is 0.235 e. The zero-order valence-corrected chi connectivity index (χ0v) is 12.1. The van der Waals surface area contributed by atoms with Gasteiger partial charge in [-0.05, 0) is 31.0 Å². The maximum Gasteiger partial charge on any atom is 0.235 e. The van der Waals surface area contributed by atoms with Crippen LogP contribution in [0.25, 0.3) is 0 Å². The van der Waals surface area contributed by atoms with E-state index in [-0.39, 0.29) is 22.2 Å². The third-order valence-corrected chi connectivity index (χ3v) is 4.75. The van der Waals surface area contributed by atoms with E-state index in [1.165, 1.54) is 12.1 Å². The van der Waals surface area contributed by atoms with Crippen molar-refractivity contribution in [2.24, 2.45) is 0 Å². The Hall–Kier alpha value is -1.43. The van der Waals surface area contributed by atoms with Crippen LogP contribution in [0.15, 0.2) is 23.1 Å². The van der Waals surface area contributed by atoms with Crippen molar-refractivity contribution in [3.63, 3.8) is 0 Å². The Kier molecular flexibility index (Phi) is 5.11. The van der Waals surface area contributed by atoms with Gasteiger partial charge in [0.2, 0.25) is 5.91 Å². The van der Waals surface area contributed by atoms with E-state index in [1.807, 2.05) is 0 Å². The Morgan fingerprint density at radius 1 is 1.25 bits per heavy atom. The lowest BCUT2D eigenvalue weighted by Crippen LogP contribution is -2.35. The fourth-order valence-corrected chi connectivity index (χ4v) is 3.36. The van der Waals surface area contributed by atoms with E-state index in [0.717, 1.165) is 31.7 Å². The molecule has 0 bridgehead atoms. The zero-order valence-electron chi connectivity index (χ0n) is 11.3. The second-order valence-corrected chi connectivity index (χ2v) is 6.39. The molecule has 0 saturated carbocycles. The van der Waals surface area contributed by atoms with Crippen molar-refractivity contribution in [2.75, 3.05) is 24.6 Å². The second kappa shape index (κ2) is 6.83. The van der Waals surface area contributed by atoms with Gasteiger partial charge in [-0.2, -0.15) is 0 Å². The zero-order chi connectivity index (χ0) is 14.5. The number of hydrogen-bond acceptors (Lipinski definition) is 3. The van der Waals surface area contributed by atoms with Crippen LogP contribution in [-0.2, 0) is 15.6 Å². The third kappa shape index (κ3) is 3.79. The topological polar surface area (TPSA) is 63.4 Å². The highest BCUT2D eigenvalue weighted by Crippen LogP contribution is 2.17. The van der Waals surface area contributed by atoms with Crippen LogP contribution >= 0.6 is 0 Å². The highest BCUT2D eigenvalue weighted by Gasteiger charge is 2.20. The van der Waals surface area contributed by atoms with Crippen LogP contribution in [0, 0.1) is 5.82 Å². The number of amides is 1. The number of nitrogens with zero attached hydrogens (tertiary/aromatic N) is 1. The minimum atomic E-state index is -1.66. The molecular formula is C14H19FN2O2S. The Balaban J connectivity index is 2.01. The molecule has 2 N–H and O–H groups in total. The molecule has 2 rings (SSSR count). The number of carbonyl (C=O) groups is 1. The van der Waals surface area contributed by atoms with Gasteiger partial charge in [-0.25, -0.2) is 4.39 Å². The van der Waals surface area contributed by atoms with Crippen molar-refractivity contribution in [1.29, 1.82) is 0 Å². The Bertz CT molecular complexity index is 514. The van der Waals surface area contributed by atoms with Gasteiger partial charge in [0.05, 0.1) is 15.7 Å². The molecule has 0 spiro atoms. The molecule has 1 heterocycles. The summed E-state index contributed by atoms with van der Waals surface area (Å²) < 4.78 is 25.8. The van der Waals surface area contributed by atoms with Gasteiger partial charge in [0.15, 0.2) is 0 Å². The summed E-state index contributed by atoms with van der Waals surface area (Å²) in [4.78, 5) is 13.9. The molecule has 1 amide bonds. The van der Waals surface area contributed by atoms with Gasteiger partial charge in [-0.3, -0.25) is 9.00 Å². The minimum Gasteiger partial charge on any atom is -0.399 e. The lowest BCUT2D eigenvalue weighted by Gasteiger charge is -2.20. The lowest BCUT2D eigenvalue weighted by molar-refractivity contribution is -0.128. The molecule has 6 heteroatoms. The summed E-state index contributed by atoms with van der Waals surface area (Å²) in [6, 6.07) is 4.01. The summed E-state index contributed by atoms with van der Waals surface area (Å²) in [7, 11) is -1.66. The van der Waals surface area contributed by atoms with E-state index in [4.69, 9.17) is 5.73 Å². The van der Waals surface area contributed by atoms with Crippen molar-refractivity contribution in [3.05, 3.63) is 24.0 Å². The van der Waals surface area contributed by atoms with Crippen LogP contribution in [0.2, 0.25) is 0 Å². The van der Waals surface area contributed by atoms with Crippen molar-refractivity contribution in [3.8, 4) is 0 Å². The average Bonchev–Trinajstić information content (AvgIpc) is 2.67. The SMILES string of the molecule is Nc1ccc(S(=O)CC(=O)N2CCCCCC2)c(F)c1. The predicted molar refractivity (Wildman–Crippen MR) is 77.1 cm³/mol. The quantitative estimate of drug-likeness (QED) is 0.867. The molecule has 1 saturated heterocycles. The summed E-state index contributed by atoms with van der Waals surface area (Å²) in [5.41, 5.74) is 5.73. The molecular weight excluding hydrogens is 279 g/mol. The summed E-state index contributed by atoms with van der Waals surface area (Å²) in [5, 5.41) is 0. The largest absolute Gasteiger partial charge is 0.399 e. The van der Waals surface area contributed by atoms with Gasteiger partial charge in [0, 0.05) is 18.8 Å².